The van der Waals surface area contributed by atoms with Gasteiger partial charge in [0.05, 0.1) is 0 Å². The second kappa shape index (κ2) is 8.14. The third-order valence-corrected chi connectivity index (χ3v) is 3.60. The van der Waals surface area contributed by atoms with Gasteiger partial charge in [0.2, 0.25) is 5.91 Å². The van der Waals surface area contributed by atoms with Crippen LogP contribution in [-0.2, 0) is 4.79 Å². The van der Waals surface area contributed by atoms with E-state index in [0.29, 0.717) is 24.7 Å². The van der Waals surface area contributed by atoms with Crippen LogP contribution in [0, 0.1) is 6.92 Å². The second-order valence-corrected chi connectivity index (χ2v) is 5.28. The van der Waals surface area contributed by atoms with E-state index in [1.165, 1.54) is 0 Å². The minimum absolute atomic E-state index is 0.155. The highest BCUT2D eigenvalue weighted by molar-refractivity contribution is 5.93. The number of anilines is 1. The van der Waals surface area contributed by atoms with Gasteiger partial charge in [0.25, 0.3) is 0 Å². The molecule has 0 spiro atoms. The molecule has 0 fully saturated rings. The van der Waals surface area contributed by atoms with Crippen molar-refractivity contribution in [3.05, 3.63) is 47.7 Å². The van der Waals surface area contributed by atoms with Crippen LogP contribution in [0.3, 0.4) is 0 Å². The maximum absolute atomic E-state index is 12.7. The number of aromatic nitrogens is 1. The third kappa shape index (κ3) is 4.34. The summed E-state index contributed by atoms with van der Waals surface area (Å²) >= 11 is 0. The Kier molecular flexibility index (Phi) is 5.95. The van der Waals surface area contributed by atoms with Crippen molar-refractivity contribution in [3.8, 4) is 0 Å². The Bertz CT molecular complexity index is 680. The third-order valence-electron chi connectivity index (χ3n) is 3.60. The van der Waals surface area contributed by atoms with Crippen molar-refractivity contribution in [2.75, 3.05) is 18.4 Å². The van der Waals surface area contributed by atoms with Crippen LogP contribution in [0.15, 0.2) is 40.9 Å². The molecule has 24 heavy (non-hydrogen) atoms. The van der Waals surface area contributed by atoms with E-state index in [-0.39, 0.29) is 5.91 Å². The molecule has 0 aliphatic heterocycles. The van der Waals surface area contributed by atoms with E-state index in [4.69, 9.17) is 4.52 Å². The number of carbonyl (C=O) groups excluding carboxylic acids is 2. The molecule has 1 aromatic carbocycles. The molecule has 7 nitrogen and oxygen atoms in total. The predicted octanol–water partition coefficient (Wildman–Crippen LogP) is 2.71. The standard InChI is InChI=1S/C17H22N4O3/c1-4-21(5-2)16(22)15(13-9-7-6-8-10-13)19-17(23)18-14-11-12(3)24-20-14/h6-11,15H,4-5H2,1-3H3,(H2,18,19,20,23)/t15-/m0/s1. The summed E-state index contributed by atoms with van der Waals surface area (Å²) in [6.07, 6.45) is 0. The number of nitrogens with zero attached hydrogens (tertiary/aromatic N) is 2. The quantitative estimate of drug-likeness (QED) is 0.852. The molecule has 2 N–H and O–H groups in total. The van der Waals surface area contributed by atoms with Gasteiger partial charge in [-0.3, -0.25) is 10.1 Å². The van der Waals surface area contributed by atoms with E-state index in [2.05, 4.69) is 15.8 Å². The molecule has 2 aromatic rings. The monoisotopic (exact) mass is 330 g/mol. The summed E-state index contributed by atoms with van der Waals surface area (Å²) in [6.45, 7) is 6.69. The Labute approximate surface area is 141 Å². The fourth-order valence-electron chi connectivity index (χ4n) is 2.36. The van der Waals surface area contributed by atoms with Crippen LogP contribution in [-0.4, -0.2) is 35.1 Å². The minimum atomic E-state index is -0.765. The van der Waals surface area contributed by atoms with Crippen LogP contribution in [0.5, 0.6) is 0 Å². The number of amides is 3. The first-order valence-electron chi connectivity index (χ1n) is 7.89. The first-order chi connectivity index (χ1) is 11.5. The van der Waals surface area contributed by atoms with Gasteiger partial charge in [-0.15, -0.1) is 0 Å². The largest absolute Gasteiger partial charge is 0.360 e. The number of nitrogens with one attached hydrogen (secondary N) is 2. The maximum Gasteiger partial charge on any atom is 0.321 e. The molecular weight excluding hydrogens is 308 g/mol. The summed E-state index contributed by atoms with van der Waals surface area (Å²) in [6, 6.07) is 9.47. The molecule has 128 valence electrons. The number of hydrogen-bond acceptors (Lipinski definition) is 4. The summed E-state index contributed by atoms with van der Waals surface area (Å²) < 4.78 is 4.91. The number of hydrogen-bond donors (Lipinski definition) is 2. The predicted molar refractivity (Wildman–Crippen MR) is 90.5 cm³/mol. The summed E-state index contributed by atoms with van der Waals surface area (Å²) in [5.74, 6) is 0.730. The fourth-order valence-corrected chi connectivity index (χ4v) is 2.36. The Morgan fingerprint density at radius 2 is 1.88 bits per heavy atom. The Morgan fingerprint density at radius 3 is 2.42 bits per heavy atom. The van der Waals surface area contributed by atoms with Crippen LogP contribution < -0.4 is 10.6 Å². The van der Waals surface area contributed by atoms with Gasteiger partial charge in [-0.05, 0) is 26.3 Å². The van der Waals surface area contributed by atoms with Crippen molar-refractivity contribution in [2.24, 2.45) is 0 Å². The first kappa shape index (κ1) is 17.5. The number of aryl methyl sites for hydroxylation is 1. The summed E-state index contributed by atoms with van der Waals surface area (Å²) in [5.41, 5.74) is 0.723. The molecule has 0 aliphatic carbocycles. The summed E-state index contributed by atoms with van der Waals surface area (Å²) in [5, 5.41) is 8.99. The van der Waals surface area contributed by atoms with Crippen LogP contribution >= 0.6 is 0 Å². The molecule has 0 unspecified atom stereocenters. The maximum atomic E-state index is 12.7. The first-order valence-corrected chi connectivity index (χ1v) is 7.89. The van der Waals surface area contributed by atoms with E-state index >= 15 is 0 Å². The van der Waals surface area contributed by atoms with E-state index in [9.17, 15) is 9.59 Å². The Balaban J connectivity index is 2.16. The van der Waals surface area contributed by atoms with E-state index in [1.807, 2.05) is 44.2 Å². The molecular formula is C17H22N4O3. The van der Waals surface area contributed by atoms with Gasteiger partial charge < -0.3 is 14.7 Å². The van der Waals surface area contributed by atoms with Gasteiger partial charge in [0.1, 0.15) is 11.8 Å². The highest BCUT2D eigenvalue weighted by Crippen LogP contribution is 2.16. The van der Waals surface area contributed by atoms with Gasteiger partial charge >= 0.3 is 6.03 Å². The van der Waals surface area contributed by atoms with Crippen LogP contribution in [0.4, 0.5) is 10.6 Å². The van der Waals surface area contributed by atoms with Gasteiger partial charge in [0.15, 0.2) is 5.82 Å². The lowest BCUT2D eigenvalue weighted by Gasteiger charge is -2.26. The van der Waals surface area contributed by atoms with E-state index < -0.39 is 12.1 Å². The van der Waals surface area contributed by atoms with Crippen LogP contribution in [0.1, 0.15) is 31.2 Å². The summed E-state index contributed by atoms with van der Waals surface area (Å²) in [7, 11) is 0. The lowest BCUT2D eigenvalue weighted by atomic mass is 10.1. The van der Waals surface area contributed by atoms with Crippen molar-refractivity contribution in [1.82, 2.24) is 15.4 Å². The topological polar surface area (TPSA) is 87.5 Å². The van der Waals surface area contributed by atoms with Gasteiger partial charge in [0, 0.05) is 19.2 Å². The summed E-state index contributed by atoms with van der Waals surface area (Å²) in [4.78, 5) is 26.7. The fraction of sp³-hybridized carbons (Fsp3) is 0.353. The zero-order valence-corrected chi connectivity index (χ0v) is 14.1. The number of rotatable bonds is 6. The van der Waals surface area contributed by atoms with Crippen molar-refractivity contribution >= 4 is 17.8 Å². The Hall–Kier alpha value is -2.83. The zero-order valence-electron chi connectivity index (χ0n) is 14.1. The highest BCUT2D eigenvalue weighted by atomic mass is 16.5. The molecule has 0 bridgehead atoms. The molecule has 0 radical (unpaired) electrons. The molecule has 0 aliphatic rings. The smallest absolute Gasteiger partial charge is 0.321 e. The minimum Gasteiger partial charge on any atom is -0.360 e. The second-order valence-electron chi connectivity index (χ2n) is 5.28. The van der Waals surface area contributed by atoms with Crippen molar-refractivity contribution in [2.45, 2.75) is 26.8 Å². The molecule has 7 heteroatoms. The van der Waals surface area contributed by atoms with Gasteiger partial charge in [-0.2, -0.15) is 0 Å². The highest BCUT2D eigenvalue weighted by Gasteiger charge is 2.26. The molecule has 0 saturated heterocycles. The Morgan fingerprint density at radius 1 is 1.21 bits per heavy atom. The molecule has 3 amide bonds. The van der Waals surface area contributed by atoms with Crippen LogP contribution in [0.2, 0.25) is 0 Å². The number of carbonyl (C=O) groups is 2. The molecule has 1 atom stereocenters. The van der Waals surface area contributed by atoms with Crippen molar-refractivity contribution in [1.29, 1.82) is 0 Å². The van der Waals surface area contributed by atoms with Crippen LogP contribution in [0.25, 0.3) is 0 Å². The number of urea groups is 1. The number of benzene rings is 1. The molecule has 2 rings (SSSR count). The zero-order chi connectivity index (χ0) is 17.5. The van der Waals surface area contributed by atoms with E-state index in [1.54, 1.807) is 17.9 Å². The SMILES string of the molecule is CCN(CC)C(=O)[C@@H](NC(=O)Nc1cc(C)on1)c1ccccc1. The normalized spacial score (nSPS) is 11.6. The molecule has 1 heterocycles. The lowest BCUT2D eigenvalue weighted by Crippen LogP contribution is -2.44. The average Bonchev–Trinajstić information content (AvgIpc) is 2.99. The van der Waals surface area contributed by atoms with Gasteiger partial charge in [-0.25, -0.2) is 4.79 Å². The molecule has 1 aromatic heterocycles. The molecule has 0 saturated carbocycles. The van der Waals surface area contributed by atoms with Crippen molar-refractivity contribution in [3.63, 3.8) is 0 Å². The van der Waals surface area contributed by atoms with Gasteiger partial charge in [-0.1, -0.05) is 35.5 Å². The lowest BCUT2D eigenvalue weighted by molar-refractivity contribution is -0.132. The van der Waals surface area contributed by atoms with Crippen molar-refractivity contribution < 1.29 is 14.1 Å². The van der Waals surface area contributed by atoms with E-state index in [0.717, 1.165) is 5.56 Å². The average molecular weight is 330 g/mol. The number of likely N-dealkylation sites (N-methyl/N-ethyl adjacent to an activating group) is 1.